The van der Waals surface area contributed by atoms with Gasteiger partial charge in [-0.15, -0.1) is 0 Å². The van der Waals surface area contributed by atoms with Crippen LogP contribution in [0.25, 0.3) is 22.0 Å². The van der Waals surface area contributed by atoms with Crippen molar-refractivity contribution in [2.45, 2.75) is 24.8 Å². The quantitative estimate of drug-likeness (QED) is 0.293. The monoisotopic (exact) mass is 489 g/mol. The average Bonchev–Trinajstić information content (AvgIpc) is 3.63. The summed E-state index contributed by atoms with van der Waals surface area (Å²) in [5, 5.41) is 14.1. The van der Waals surface area contributed by atoms with Gasteiger partial charge in [0, 0.05) is 29.4 Å². The molecule has 2 N–H and O–H groups in total. The minimum absolute atomic E-state index is 0.0547. The van der Waals surface area contributed by atoms with E-state index in [1.165, 1.54) is 12.1 Å². The summed E-state index contributed by atoms with van der Waals surface area (Å²) in [4.78, 5) is 18.8. The smallest absolute Gasteiger partial charge is 0.170 e. The lowest BCUT2D eigenvalue weighted by Crippen LogP contribution is -2.13. The van der Waals surface area contributed by atoms with Crippen LogP contribution in [0.3, 0.4) is 0 Å². The van der Waals surface area contributed by atoms with Gasteiger partial charge in [-0.1, -0.05) is 29.8 Å². The molecule has 0 aliphatic heterocycles. The number of nitrogens with zero attached hydrogens (tertiary/aromatic N) is 2. The van der Waals surface area contributed by atoms with E-state index < -0.39 is 17.0 Å². The number of aromatic hydroxyl groups is 1. The number of rotatable bonds is 7. The van der Waals surface area contributed by atoms with Crippen LogP contribution in [0.4, 0.5) is 15.8 Å². The standard InChI is InChI=1S/C28H25ClFN3O2/c1-33(2)15-17-4-3-5-20(10-17)32-26-21-11-18(19-12-23(29)27(35)24(30)13-19)6-7-25(21)31-14-22(26)28(16-34)8-9-28/h3-7,10-14,16,35H,8-9,15H2,1-2H3,(H,31,32). The van der Waals surface area contributed by atoms with Crippen molar-refractivity contribution in [2.24, 2.45) is 0 Å². The lowest BCUT2D eigenvalue weighted by Gasteiger charge is -2.19. The Morgan fingerprint density at radius 1 is 1.14 bits per heavy atom. The van der Waals surface area contributed by atoms with Gasteiger partial charge in [-0.25, -0.2) is 4.39 Å². The van der Waals surface area contributed by atoms with E-state index in [0.717, 1.165) is 64.6 Å². The lowest BCUT2D eigenvalue weighted by atomic mass is 9.93. The van der Waals surface area contributed by atoms with Crippen LogP contribution in [0.15, 0.2) is 60.8 Å². The maximum Gasteiger partial charge on any atom is 0.170 e. The SMILES string of the molecule is CN(C)Cc1cccc(Nc2c(C3(C=O)CC3)cnc3ccc(-c4cc(F)c(O)c(Cl)c4)cc23)c1. The fraction of sp³-hybridized carbons (Fsp3) is 0.214. The second kappa shape index (κ2) is 8.95. The van der Waals surface area contributed by atoms with Gasteiger partial charge in [0.1, 0.15) is 6.29 Å². The summed E-state index contributed by atoms with van der Waals surface area (Å²) in [6, 6.07) is 16.6. The highest BCUT2D eigenvalue weighted by molar-refractivity contribution is 6.32. The third-order valence-electron chi connectivity index (χ3n) is 6.46. The molecule has 0 atom stereocenters. The van der Waals surface area contributed by atoms with Gasteiger partial charge >= 0.3 is 0 Å². The van der Waals surface area contributed by atoms with E-state index in [2.05, 4.69) is 27.3 Å². The first-order chi connectivity index (χ1) is 16.8. The zero-order valence-corrected chi connectivity index (χ0v) is 20.2. The average molecular weight is 490 g/mol. The molecule has 0 amide bonds. The lowest BCUT2D eigenvalue weighted by molar-refractivity contribution is -0.109. The summed E-state index contributed by atoms with van der Waals surface area (Å²) in [5.41, 5.74) is 5.19. The molecule has 5 rings (SSSR count). The normalized spacial score (nSPS) is 14.3. The van der Waals surface area contributed by atoms with Crippen molar-refractivity contribution in [3.63, 3.8) is 0 Å². The van der Waals surface area contributed by atoms with E-state index in [0.29, 0.717) is 5.56 Å². The van der Waals surface area contributed by atoms with Gasteiger partial charge < -0.3 is 20.1 Å². The van der Waals surface area contributed by atoms with Crippen molar-refractivity contribution in [3.8, 4) is 16.9 Å². The molecule has 3 aromatic carbocycles. The number of fused-ring (bicyclic) bond motifs is 1. The molecule has 0 saturated heterocycles. The highest BCUT2D eigenvalue weighted by Gasteiger charge is 2.46. The Morgan fingerprint density at radius 3 is 2.63 bits per heavy atom. The molecule has 0 spiro atoms. The van der Waals surface area contributed by atoms with Crippen LogP contribution in [0, 0.1) is 5.82 Å². The van der Waals surface area contributed by atoms with Crippen LogP contribution in [0.2, 0.25) is 5.02 Å². The molecular weight excluding hydrogens is 465 g/mol. The van der Waals surface area contributed by atoms with E-state index in [4.69, 9.17) is 11.6 Å². The van der Waals surface area contributed by atoms with Gasteiger partial charge in [-0.3, -0.25) is 4.98 Å². The first kappa shape index (κ1) is 23.3. The Morgan fingerprint density at radius 2 is 1.94 bits per heavy atom. The molecule has 0 unspecified atom stereocenters. The number of carbonyl (C=O) groups is 1. The van der Waals surface area contributed by atoms with E-state index in [-0.39, 0.29) is 5.02 Å². The second-order valence-corrected chi connectivity index (χ2v) is 9.81. The van der Waals surface area contributed by atoms with Gasteiger partial charge in [-0.2, -0.15) is 0 Å². The number of pyridine rings is 1. The number of halogens is 2. The summed E-state index contributed by atoms with van der Waals surface area (Å²) in [6.45, 7) is 0.801. The topological polar surface area (TPSA) is 65.5 Å². The molecule has 0 radical (unpaired) electrons. The number of aldehydes is 1. The maximum atomic E-state index is 14.2. The third kappa shape index (κ3) is 4.47. The molecule has 5 nitrogen and oxygen atoms in total. The number of hydrogen-bond donors (Lipinski definition) is 2. The minimum Gasteiger partial charge on any atom is -0.504 e. The minimum atomic E-state index is -0.784. The number of nitrogens with one attached hydrogen (secondary N) is 1. The molecule has 1 aromatic heterocycles. The Balaban J connectivity index is 1.67. The fourth-order valence-corrected chi connectivity index (χ4v) is 4.67. The summed E-state index contributed by atoms with van der Waals surface area (Å²) in [5.74, 6) is -1.35. The molecule has 1 saturated carbocycles. The van der Waals surface area contributed by atoms with E-state index in [9.17, 15) is 14.3 Å². The van der Waals surface area contributed by atoms with Crippen LogP contribution in [-0.4, -0.2) is 35.4 Å². The Hall–Kier alpha value is -3.48. The number of benzene rings is 3. The van der Waals surface area contributed by atoms with Crippen molar-refractivity contribution < 1.29 is 14.3 Å². The Bertz CT molecular complexity index is 1430. The highest BCUT2D eigenvalue weighted by atomic mass is 35.5. The van der Waals surface area contributed by atoms with E-state index in [1.54, 1.807) is 6.20 Å². The highest BCUT2D eigenvalue weighted by Crippen LogP contribution is 2.50. The van der Waals surface area contributed by atoms with Gasteiger partial charge in [0.25, 0.3) is 0 Å². The number of carbonyl (C=O) groups excluding carboxylic acids is 1. The molecule has 1 aliphatic carbocycles. The van der Waals surface area contributed by atoms with Crippen LogP contribution >= 0.6 is 11.6 Å². The first-order valence-corrected chi connectivity index (χ1v) is 11.8. The third-order valence-corrected chi connectivity index (χ3v) is 6.75. The second-order valence-electron chi connectivity index (χ2n) is 9.40. The fourth-order valence-electron chi connectivity index (χ4n) is 4.46. The van der Waals surface area contributed by atoms with Crippen LogP contribution in [0.5, 0.6) is 5.75 Å². The molecule has 35 heavy (non-hydrogen) atoms. The van der Waals surface area contributed by atoms with E-state index in [1.807, 2.05) is 44.4 Å². The van der Waals surface area contributed by atoms with Crippen molar-refractivity contribution in [3.05, 3.63) is 82.8 Å². The summed E-state index contributed by atoms with van der Waals surface area (Å²) in [6.07, 6.45) is 4.35. The molecular formula is C28H25ClFN3O2. The van der Waals surface area contributed by atoms with Crippen LogP contribution in [-0.2, 0) is 16.8 Å². The van der Waals surface area contributed by atoms with Gasteiger partial charge in [0.05, 0.1) is 21.6 Å². The van der Waals surface area contributed by atoms with Crippen molar-refractivity contribution in [1.82, 2.24) is 9.88 Å². The summed E-state index contributed by atoms with van der Waals surface area (Å²) in [7, 11) is 4.05. The molecule has 0 bridgehead atoms. The zero-order valence-electron chi connectivity index (χ0n) is 19.5. The maximum absolute atomic E-state index is 14.2. The van der Waals surface area contributed by atoms with Crippen LogP contribution in [0.1, 0.15) is 24.0 Å². The molecule has 178 valence electrons. The molecule has 1 fully saturated rings. The van der Waals surface area contributed by atoms with Crippen molar-refractivity contribution in [2.75, 3.05) is 19.4 Å². The van der Waals surface area contributed by atoms with Crippen LogP contribution < -0.4 is 5.32 Å². The van der Waals surface area contributed by atoms with E-state index >= 15 is 0 Å². The van der Waals surface area contributed by atoms with Gasteiger partial charge in [-0.05, 0) is 80.0 Å². The van der Waals surface area contributed by atoms with Gasteiger partial charge in [0.2, 0.25) is 0 Å². The Labute approximate surface area is 208 Å². The predicted molar refractivity (Wildman–Crippen MR) is 138 cm³/mol. The molecule has 1 heterocycles. The zero-order chi connectivity index (χ0) is 24.7. The molecule has 7 heteroatoms. The summed E-state index contributed by atoms with van der Waals surface area (Å²) >= 11 is 6.03. The Kier molecular flexibility index (Phi) is 5.95. The molecule has 4 aromatic rings. The number of hydrogen-bond acceptors (Lipinski definition) is 5. The number of aromatic nitrogens is 1. The number of anilines is 2. The van der Waals surface area contributed by atoms with Crippen molar-refractivity contribution >= 4 is 40.2 Å². The van der Waals surface area contributed by atoms with Crippen molar-refractivity contribution in [1.29, 1.82) is 0 Å². The largest absolute Gasteiger partial charge is 0.504 e. The number of phenolic OH excluding ortho intramolecular Hbond substituents is 1. The first-order valence-electron chi connectivity index (χ1n) is 11.4. The molecule has 1 aliphatic rings. The predicted octanol–water partition coefficient (Wildman–Crippen LogP) is 6.44. The number of phenols is 1. The summed E-state index contributed by atoms with van der Waals surface area (Å²) < 4.78 is 14.2. The van der Waals surface area contributed by atoms with Gasteiger partial charge in [0.15, 0.2) is 11.6 Å².